The molecule has 4 aromatic rings. The molecule has 4 rings (SSSR count). The highest BCUT2D eigenvalue weighted by molar-refractivity contribution is 9.10. The number of nitrogens with zero attached hydrogens (tertiary/aromatic N) is 3. The van der Waals surface area contributed by atoms with Gasteiger partial charge in [0.2, 0.25) is 0 Å². The molecular formula is C20H16BrN5O2. The zero-order chi connectivity index (χ0) is 19.8. The van der Waals surface area contributed by atoms with Crippen molar-refractivity contribution in [3.8, 4) is 22.7 Å². The Hall–Kier alpha value is -3.39. The minimum absolute atomic E-state index is 0.0690. The lowest BCUT2D eigenvalue weighted by atomic mass is 10.1. The number of fused-ring (bicyclic) bond motifs is 1. The number of pyridine rings is 1. The Morgan fingerprint density at radius 2 is 1.89 bits per heavy atom. The topological polar surface area (TPSA) is 109 Å². The van der Waals surface area contributed by atoms with Crippen molar-refractivity contribution in [2.45, 2.75) is 0 Å². The van der Waals surface area contributed by atoms with Gasteiger partial charge in [-0.25, -0.2) is 9.67 Å². The zero-order valence-corrected chi connectivity index (χ0v) is 16.5. The fourth-order valence-electron chi connectivity index (χ4n) is 3.03. The van der Waals surface area contributed by atoms with Gasteiger partial charge in [-0.2, -0.15) is 5.10 Å². The summed E-state index contributed by atoms with van der Waals surface area (Å²) in [6.45, 7) is 0. The van der Waals surface area contributed by atoms with Crippen molar-refractivity contribution >= 4 is 38.7 Å². The van der Waals surface area contributed by atoms with E-state index in [2.05, 4.69) is 20.9 Å². The molecule has 8 heteroatoms. The number of ether oxygens (including phenoxy) is 1. The Bertz CT molecular complexity index is 1200. The zero-order valence-electron chi connectivity index (χ0n) is 14.9. The largest absolute Gasteiger partial charge is 0.496 e. The molecule has 0 atom stereocenters. The van der Waals surface area contributed by atoms with E-state index in [0.717, 1.165) is 15.7 Å². The number of aromatic nitrogens is 3. The van der Waals surface area contributed by atoms with Gasteiger partial charge in [-0.3, -0.25) is 4.79 Å². The van der Waals surface area contributed by atoms with Crippen molar-refractivity contribution in [1.82, 2.24) is 14.8 Å². The van der Waals surface area contributed by atoms with Gasteiger partial charge in [0.25, 0.3) is 5.91 Å². The first kappa shape index (κ1) is 18.0. The quantitative estimate of drug-likeness (QED) is 0.507. The number of amides is 1. The number of methoxy groups -OCH3 is 1. The molecule has 28 heavy (non-hydrogen) atoms. The van der Waals surface area contributed by atoms with E-state index in [9.17, 15) is 4.79 Å². The molecular weight excluding hydrogens is 422 g/mol. The highest BCUT2D eigenvalue weighted by atomic mass is 79.9. The predicted octanol–water partition coefficient (Wildman–Crippen LogP) is 3.54. The minimum Gasteiger partial charge on any atom is -0.496 e. The van der Waals surface area contributed by atoms with Gasteiger partial charge in [-0.1, -0.05) is 18.2 Å². The predicted molar refractivity (Wildman–Crippen MR) is 111 cm³/mol. The van der Waals surface area contributed by atoms with E-state index in [4.69, 9.17) is 21.3 Å². The van der Waals surface area contributed by atoms with Crippen molar-refractivity contribution in [2.24, 2.45) is 5.73 Å². The first-order valence-electron chi connectivity index (χ1n) is 8.38. The second-order valence-electron chi connectivity index (χ2n) is 6.10. The minimum atomic E-state index is -0.638. The summed E-state index contributed by atoms with van der Waals surface area (Å²) in [5, 5.41) is 5.42. The van der Waals surface area contributed by atoms with Gasteiger partial charge >= 0.3 is 0 Å². The second-order valence-corrected chi connectivity index (χ2v) is 6.96. The molecule has 0 radical (unpaired) electrons. The lowest BCUT2D eigenvalue weighted by Crippen LogP contribution is -2.14. The number of para-hydroxylation sites is 1. The standard InChI is InChI=1S/C20H16BrN5O2/c1-28-16-8-7-11(9-15(16)21)17-13-10-14(19(23)27)18(22)24-20(13)26(25-17)12-5-3-2-4-6-12/h2-10H,1H3,(H2,22,24)(H2,23,27). The third-order valence-electron chi connectivity index (χ3n) is 4.38. The van der Waals surface area contributed by atoms with E-state index in [0.29, 0.717) is 22.5 Å². The summed E-state index contributed by atoms with van der Waals surface area (Å²) in [5.74, 6) is 0.136. The number of carbonyl (C=O) groups excluding carboxylic acids is 1. The van der Waals surface area contributed by atoms with Crippen LogP contribution in [0.15, 0.2) is 59.1 Å². The van der Waals surface area contributed by atoms with E-state index in [1.165, 1.54) is 0 Å². The number of hydrogen-bond donors (Lipinski definition) is 2. The number of carbonyl (C=O) groups is 1. The average molecular weight is 438 g/mol. The Morgan fingerprint density at radius 3 is 2.54 bits per heavy atom. The summed E-state index contributed by atoms with van der Waals surface area (Å²) >= 11 is 3.50. The number of primary amides is 1. The van der Waals surface area contributed by atoms with Gasteiger partial charge < -0.3 is 16.2 Å². The van der Waals surface area contributed by atoms with E-state index in [-0.39, 0.29) is 11.4 Å². The van der Waals surface area contributed by atoms with Crippen LogP contribution >= 0.6 is 15.9 Å². The Labute approximate surface area is 169 Å². The summed E-state index contributed by atoms with van der Waals surface area (Å²) in [6, 6.07) is 16.8. The SMILES string of the molecule is COc1ccc(-c2nn(-c3ccccc3)c3nc(N)c(C(N)=O)cc23)cc1Br. The van der Waals surface area contributed by atoms with Crippen LogP contribution in [0.1, 0.15) is 10.4 Å². The molecule has 2 aromatic carbocycles. The number of nitrogen functional groups attached to an aromatic ring is 1. The molecule has 0 unspecified atom stereocenters. The van der Waals surface area contributed by atoms with Gasteiger partial charge in [-0.05, 0) is 52.3 Å². The molecule has 2 aromatic heterocycles. The van der Waals surface area contributed by atoms with Gasteiger partial charge in [0.15, 0.2) is 5.65 Å². The molecule has 0 bridgehead atoms. The van der Waals surface area contributed by atoms with Crippen LogP contribution in [0.2, 0.25) is 0 Å². The molecule has 0 saturated carbocycles. The van der Waals surface area contributed by atoms with Gasteiger partial charge in [0.1, 0.15) is 17.3 Å². The molecule has 0 aliphatic rings. The number of rotatable bonds is 4. The molecule has 0 aliphatic carbocycles. The number of hydrogen-bond acceptors (Lipinski definition) is 5. The number of anilines is 1. The number of halogens is 1. The molecule has 140 valence electrons. The normalized spacial score (nSPS) is 10.9. The Balaban J connectivity index is 2.04. The maximum atomic E-state index is 11.8. The maximum absolute atomic E-state index is 11.8. The lowest BCUT2D eigenvalue weighted by Gasteiger charge is -2.05. The van der Waals surface area contributed by atoms with Gasteiger partial charge in [0.05, 0.1) is 22.8 Å². The Kier molecular flexibility index (Phi) is 4.48. The van der Waals surface area contributed by atoms with Crippen LogP contribution in [0.4, 0.5) is 5.82 Å². The van der Waals surface area contributed by atoms with Crippen molar-refractivity contribution in [1.29, 1.82) is 0 Å². The van der Waals surface area contributed by atoms with Crippen molar-refractivity contribution < 1.29 is 9.53 Å². The molecule has 1 amide bonds. The van der Waals surface area contributed by atoms with Crippen LogP contribution < -0.4 is 16.2 Å². The number of nitrogens with two attached hydrogens (primary N) is 2. The molecule has 0 spiro atoms. The highest BCUT2D eigenvalue weighted by Crippen LogP contribution is 2.35. The lowest BCUT2D eigenvalue weighted by molar-refractivity contribution is 0.100. The smallest absolute Gasteiger partial charge is 0.252 e. The van der Waals surface area contributed by atoms with Crippen molar-refractivity contribution in [3.05, 3.63) is 64.6 Å². The van der Waals surface area contributed by atoms with Crippen LogP contribution in [0.3, 0.4) is 0 Å². The maximum Gasteiger partial charge on any atom is 0.252 e. The summed E-state index contributed by atoms with van der Waals surface area (Å²) < 4.78 is 7.79. The van der Waals surface area contributed by atoms with Crippen molar-refractivity contribution in [2.75, 3.05) is 12.8 Å². The molecule has 0 fully saturated rings. The van der Waals surface area contributed by atoms with Crippen LogP contribution in [0.25, 0.3) is 28.0 Å². The first-order valence-corrected chi connectivity index (χ1v) is 9.17. The van der Waals surface area contributed by atoms with Gasteiger partial charge in [0, 0.05) is 10.9 Å². The Morgan fingerprint density at radius 1 is 1.14 bits per heavy atom. The second kappa shape index (κ2) is 6.97. The van der Waals surface area contributed by atoms with Crippen molar-refractivity contribution in [3.63, 3.8) is 0 Å². The summed E-state index contributed by atoms with van der Waals surface area (Å²) in [5.41, 5.74) is 14.4. The summed E-state index contributed by atoms with van der Waals surface area (Å²) in [6.07, 6.45) is 0. The first-order chi connectivity index (χ1) is 13.5. The van der Waals surface area contributed by atoms with E-state index >= 15 is 0 Å². The molecule has 7 nitrogen and oxygen atoms in total. The third kappa shape index (κ3) is 2.97. The van der Waals surface area contributed by atoms with E-state index < -0.39 is 5.91 Å². The van der Waals surface area contributed by atoms with E-state index in [1.54, 1.807) is 17.9 Å². The highest BCUT2D eigenvalue weighted by Gasteiger charge is 2.19. The monoisotopic (exact) mass is 437 g/mol. The fourth-order valence-corrected chi connectivity index (χ4v) is 3.57. The van der Waals surface area contributed by atoms with Crippen LogP contribution in [-0.2, 0) is 0 Å². The van der Waals surface area contributed by atoms with Crippen LogP contribution in [0.5, 0.6) is 5.75 Å². The third-order valence-corrected chi connectivity index (χ3v) is 5.00. The van der Waals surface area contributed by atoms with Gasteiger partial charge in [-0.15, -0.1) is 0 Å². The fraction of sp³-hybridized carbons (Fsp3) is 0.0500. The molecule has 0 saturated heterocycles. The molecule has 4 N–H and O–H groups in total. The van der Waals surface area contributed by atoms with E-state index in [1.807, 2.05) is 48.5 Å². The van der Waals surface area contributed by atoms with Crippen LogP contribution in [-0.4, -0.2) is 27.8 Å². The summed E-state index contributed by atoms with van der Waals surface area (Å²) in [4.78, 5) is 16.2. The van der Waals surface area contributed by atoms with Crippen LogP contribution in [0, 0.1) is 0 Å². The average Bonchev–Trinajstić information content (AvgIpc) is 3.06. The molecule has 0 aliphatic heterocycles. The molecule has 2 heterocycles. The number of benzene rings is 2. The summed E-state index contributed by atoms with van der Waals surface area (Å²) in [7, 11) is 1.60.